The summed E-state index contributed by atoms with van der Waals surface area (Å²) >= 11 is 1.28. The van der Waals surface area contributed by atoms with Crippen LogP contribution in [-0.2, 0) is 9.59 Å². The van der Waals surface area contributed by atoms with Gasteiger partial charge >= 0.3 is 11.8 Å². The second-order valence-electron chi connectivity index (χ2n) is 4.43. The lowest BCUT2D eigenvalue weighted by molar-refractivity contribution is -0.136. The molecule has 0 bridgehead atoms. The lowest BCUT2D eigenvalue weighted by atomic mass is 10.2. The third kappa shape index (κ3) is 3.74. The molecule has 1 aliphatic rings. The highest BCUT2D eigenvalue weighted by Gasteiger charge is 2.24. The Morgan fingerprint density at radius 2 is 2.37 bits per heavy atom. The molecule has 0 aliphatic carbocycles. The lowest BCUT2D eigenvalue weighted by Crippen LogP contribution is -2.43. The quantitative estimate of drug-likeness (QED) is 0.797. The van der Waals surface area contributed by atoms with Crippen LogP contribution in [0.25, 0.3) is 0 Å². The van der Waals surface area contributed by atoms with Gasteiger partial charge in [0.15, 0.2) is 5.13 Å². The molecular weight excluding hydrogens is 264 g/mol. The van der Waals surface area contributed by atoms with Gasteiger partial charge in [0.25, 0.3) is 0 Å². The molecule has 2 heterocycles. The average Bonchev–Trinajstić information content (AvgIpc) is 3.06. The summed E-state index contributed by atoms with van der Waals surface area (Å²) in [5.41, 5.74) is 0. The molecule has 0 saturated carbocycles. The monoisotopic (exact) mass is 282 g/mol. The first-order valence-electron chi connectivity index (χ1n) is 6.43. The van der Waals surface area contributed by atoms with Gasteiger partial charge in [0.2, 0.25) is 0 Å². The molecule has 1 aromatic rings. The molecule has 104 valence electrons. The van der Waals surface area contributed by atoms with Crippen molar-refractivity contribution in [3.05, 3.63) is 11.6 Å². The molecule has 0 radical (unpaired) electrons. The van der Waals surface area contributed by atoms with Crippen molar-refractivity contribution >= 4 is 28.3 Å². The first-order valence-corrected chi connectivity index (χ1v) is 7.31. The molecule has 2 rings (SSSR count). The maximum Gasteiger partial charge on any atom is 0.315 e. The molecule has 1 fully saturated rings. The molecule has 7 heteroatoms. The first-order chi connectivity index (χ1) is 9.20. The number of nitrogens with zero attached hydrogens (tertiary/aromatic N) is 2. The minimum absolute atomic E-state index is 0.349. The maximum absolute atomic E-state index is 11.7. The summed E-state index contributed by atoms with van der Waals surface area (Å²) in [6.45, 7) is 4.68. The van der Waals surface area contributed by atoms with Gasteiger partial charge in [0.1, 0.15) is 0 Å². The fourth-order valence-electron chi connectivity index (χ4n) is 2.27. The molecule has 1 aromatic heterocycles. The molecule has 2 N–H and O–H groups in total. The van der Waals surface area contributed by atoms with Gasteiger partial charge in [-0.1, -0.05) is 6.92 Å². The van der Waals surface area contributed by atoms with Crippen molar-refractivity contribution in [1.82, 2.24) is 15.2 Å². The highest BCUT2D eigenvalue weighted by molar-refractivity contribution is 7.13. The van der Waals surface area contributed by atoms with E-state index in [2.05, 4.69) is 27.4 Å². The van der Waals surface area contributed by atoms with Crippen molar-refractivity contribution in [2.24, 2.45) is 0 Å². The van der Waals surface area contributed by atoms with E-state index >= 15 is 0 Å². The van der Waals surface area contributed by atoms with Crippen LogP contribution in [0.2, 0.25) is 0 Å². The highest BCUT2D eigenvalue weighted by Crippen LogP contribution is 2.15. The summed E-state index contributed by atoms with van der Waals surface area (Å²) in [6.07, 6.45) is 3.80. The number of rotatable bonds is 4. The number of carbonyl (C=O) groups excluding carboxylic acids is 2. The van der Waals surface area contributed by atoms with E-state index in [1.165, 1.54) is 11.3 Å². The van der Waals surface area contributed by atoms with Gasteiger partial charge in [0.05, 0.1) is 0 Å². The summed E-state index contributed by atoms with van der Waals surface area (Å²) in [5, 5.41) is 7.33. The number of anilines is 1. The molecule has 1 aliphatic heterocycles. The van der Waals surface area contributed by atoms with Crippen LogP contribution in [0.4, 0.5) is 5.13 Å². The Hall–Kier alpha value is -1.47. The molecule has 1 saturated heterocycles. The number of aromatic nitrogens is 1. The Balaban J connectivity index is 1.76. The number of amides is 2. The van der Waals surface area contributed by atoms with Crippen LogP contribution < -0.4 is 10.6 Å². The Kier molecular flexibility index (Phi) is 4.86. The first kappa shape index (κ1) is 14.0. The topological polar surface area (TPSA) is 74.3 Å². The second-order valence-corrected chi connectivity index (χ2v) is 5.32. The minimum atomic E-state index is -0.656. The van der Waals surface area contributed by atoms with Gasteiger partial charge in [0, 0.05) is 24.2 Å². The van der Waals surface area contributed by atoms with E-state index in [4.69, 9.17) is 0 Å². The van der Waals surface area contributed by atoms with Gasteiger partial charge in [-0.15, -0.1) is 11.3 Å². The number of hydrogen-bond donors (Lipinski definition) is 2. The van der Waals surface area contributed by atoms with E-state index in [-0.39, 0.29) is 0 Å². The maximum atomic E-state index is 11.7. The van der Waals surface area contributed by atoms with E-state index in [9.17, 15) is 9.59 Å². The number of carbonyl (C=O) groups is 2. The van der Waals surface area contributed by atoms with Gasteiger partial charge < -0.3 is 5.32 Å². The lowest BCUT2D eigenvalue weighted by Gasteiger charge is -2.22. The normalized spacial score (nSPS) is 19.3. The predicted molar refractivity (Wildman–Crippen MR) is 74.0 cm³/mol. The van der Waals surface area contributed by atoms with Gasteiger partial charge in [-0.3, -0.25) is 19.8 Å². The van der Waals surface area contributed by atoms with Crippen LogP contribution >= 0.6 is 11.3 Å². The van der Waals surface area contributed by atoms with Crippen molar-refractivity contribution in [2.45, 2.75) is 25.8 Å². The van der Waals surface area contributed by atoms with E-state index in [1.807, 2.05) is 0 Å². The number of likely N-dealkylation sites (N-methyl/N-ethyl adjacent to an activating group) is 1. The molecule has 6 nitrogen and oxygen atoms in total. The zero-order valence-corrected chi connectivity index (χ0v) is 11.7. The van der Waals surface area contributed by atoms with Crippen LogP contribution in [-0.4, -0.2) is 47.4 Å². The predicted octanol–water partition coefficient (Wildman–Crippen LogP) is 0.682. The van der Waals surface area contributed by atoms with Crippen molar-refractivity contribution in [2.75, 3.05) is 25.0 Å². The van der Waals surface area contributed by atoms with E-state index in [0.29, 0.717) is 17.7 Å². The van der Waals surface area contributed by atoms with E-state index in [0.717, 1.165) is 25.9 Å². The van der Waals surface area contributed by atoms with Crippen molar-refractivity contribution in [3.63, 3.8) is 0 Å². The standard InChI is InChI=1S/C12H18N4O2S/c1-2-16-6-3-4-9(16)8-14-10(17)11(18)15-12-13-5-7-19-12/h5,7,9H,2-4,6,8H2,1H3,(H,14,17)(H,13,15,18)/t9-/m0/s1. The minimum Gasteiger partial charge on any atom is -0.346 e. The molecule has 2 amide bonds. The van der Waals surface area contributed by atoms with Crippen molar-refractivity contribution in [1.29, 1.82) is 0 Å². The van der Waals surface area contributed by atoms with Gasteiger partial charge in [-0.2, -0.15) is 0 Å². The summed E-state index contributed by atoms with van der Waals surface area (Å²) in [7, 11) is 0. The van der Waals surface area contributed by atoms with Crippen molar-refractivity contribution < 1.29 is 9.59 Å². The van der Waals surface area contributed by atoms with Gasteiger partial charge in [-0.05, 0) is 25.9 Å². The zero-order chi connectivity index (χ0) is 13.7. The summed E-state index contributed by atoms with van der Waals surface area (Å²) in [4.78, 5) is 29.5. The molecule has 1 atom stereocenters. The third-order valence-electron chi connectivity index (χ3n) is 3.26. The molecule has 0 unspecified atom stereocenters. The molecule has 0 spiro atoms. The van der Waals surface area contributed by atoms with Crippen LogP contribution in [0.1, 0.15) is 19.8 Å². The number of hydrogen-bond acceptors (Lipinski definition) is 5. The zero-order valence-electron chi connectivity index (χ0n) is 10.9. The Morgan fingerprint density at radius 1 is 1.53 bits per heavy atom. The Labute approximate surface area is 116 Å². The summed E-state index contributed by atoms with van der Waals surface area (Å²) in [6, 6.07) is 0.349. The Morgan fingerprint density at radius 3 is 3.05 bits per heavy atom. The molecular formula is C12H18N4O2S. The van der Waals surface area contributed by atoms with E-state index in [1.54, 1.807) is 11.6 Å². The SMILES string of the molecule is CCN1CCC[C@H]1CNC(=O)C(=O)Nc1nccs1. The highest BCUT2D eigenvalue weighted by atomic mass is 32.1. The third-order valence-corrected chi connectivity index (χ3v) is 3.95. The van der Waals surface area contributed by atoms with Crippen LogP contribution in [0.3, 0.4) is 0 Å². The van der Waals surface area contributed by atoms with Crippen LogP contribution in [0.15, 0.2) is 11.6 Å². The second kappa shape index (κ2) is 6.63. The van der Waals surface area contributed by atoms with Crippen molar-refractivity contribution in [3.8, 4) is 0 Å². The Bertz CT molecular complexity index is 435. The number of likely N-dealkylation sites (tertiary alicyclic amines) is 1. The smallest absolute Gasteiger partial charge is 0.315 e. The van der Waals surface area contributed by atoms with Crippen LogP contribution in [0.5, 0.6) is 0 Å². The van der Waals surface area contributed by atoms with Crippen LogP contribution in [0, 0.1) is 0 Å². The molecule has 19 heavy (non-hydrogen) atoms. The fraction of sp³-hybridized carbons (Fsp3) is 0.583. The van der Waals surface area contributed by atoms with E-state index < -0.39 is 11.8 Å². The van der Waals surface area contributed by atoms with Gasteiger partial charge in [-0.25, -0.2) is 4.98 Å². The molecule has 0 aromatic carbocycles. The largest absolute Gasteiger partial charge is 0.346 e. The summed E-state index contributed by atoms with van der Waals surface area (Å²) < 4.78 is 0. The summed E-state index contributed by atoms with van der Waals surface area (Å²) in [5.74, 6) is -1.26. The number of thiazole rings is 1. The fourth-order valence-corrected chi connectivity index (χ4v) is 2.80. The number of nitrogens with one attached hydrogen (secondary N) is 2. The average molecular weight is 282 g/mol.